The number of nitrogens with two attached hydrogens (primary N) is 1. The number of methoxy groups -OCH3 is 1. The topological polar surface area (TPSA) is 106 Å². The van der Waals surface area contributed by atoms with Crippen molar-refractivity contribution in [3.05, 3.63) is 51.0 Å². The summed E-state index contributed by atoms with van der Waals surface area (Å²) in [7, 11) is 1.56. The first-order valence-electron chi connectivity index (χ1n) is 8.97. The van der Waals surface area contributed by atoms with Gasteiger partial charge in [0.25, 0.3) is 0 Å². The summed E-state index contributed by atoms with van der Waals surface area (Å²) in [6.07, 6.45) is 1.00. The zero-order valence-corrected chi connectivity index (χ0v) is 18.1. The number of hydrogen-bond acceptors (Lipinski definition) is 6. The van der Waals surface area contributed by atoms with Crippen molar-refractivity contribution in [2.75, 3.05) is 13.7 Å². The Morgan fingerprint density at radius 3 is 2.64 bits per heavy atom. The standard InChI is InChI=1S/C19H19BrN2O3.C2H6O/c1-19(2)7-13(23)17-15(8-19)25-18(22)12(9-21)16(17)11-6-10(20)4-5-14(11)24-3;1-2-3/h4-6,16H,7-8,22H2,1-3H3;3H,2H2,1H3. The van der Waals surface area contributed by atoms with Crippen LogP contribution in [0.25, 0.3) is 0 Å². The molecule has 1 aliphatic heterocycles. The Bertz CT molecular complexity index is 881. The maximum absolute atomic E-state index is 12.9. The molecule has 0 radical (unpaired) electrons. The highest BCUT2D eigenvalue weighted by atomic mass is 79.9. The summed E-state index contributed by atoms with van der Waals surface area (Å²) < 4.78 is 12.0. The largest absolute Gasteiger partial charge is 0.496 e. The van der Waals surface area contributed by atoms with Gasteiger partial charge >= 0.3 is 0 Å². The maximum Gasteiger partial charge on any atom is 0.205 e. The number of halogens is 1. The Labute approximate surface area is 173 Å². The number of aliphatic hydroxyl groups is 1. The van der Waals surface area contributed by atoms with E-state index in [-0.39, 0.29) is 29.3 Å². The van der Waals surface area contributed by atoms with Crippen LogP contribution in [0.15, 0.2) is 45.5 Å². The minimum Gasteiger partial charge on any atom is -0.496 e. The van der Waals surface area contributed by atoms with Gasteiger partial charge in [-0.15, -0.1) is 0 Å². The minimum absolute atomic E-state index is 0.0153. The quantitative estimate of drug-likeness (QED) is 0.710. The number of rotatable bonds is 2. The number of nitrogens with zero attached hydrogens (tertiary/aromatic N) is 1. The molecule has 0 amide bonds. The van der Waals surface area contributed by atoms with E-state index in [1.54, 1.807) is 20.1 Å². The van der Waals surface area contributed by atoms with Crippen LogP contribution in [-0.2, 0) is 9.53 Å². The summed E-state index contributed by atoms with van der Waals surface area (Å²) in [5.41, 5.74) is 7.30. The molecule has 1 atom stereocenters. The van der Waals surface area contributed by atoms with E-state index in [4.69, 9.17) is 20.3 Å². The lowest BCUT2D eigenvalue weighted by Gasteiger charge is -2.37. The molecular formula is C21H25BrN2O4. The van der Waals surface area contributed by atoms with E-state index in [0.717, 1.165) is 10.0 Å². The number of ether oxygens (including phenoxy) is 2. The number of ketones is 1. The molecule has 6 nitrogen and oxygen atoms in total. The summed E-state index contributed by atoms with van der Waals surface area (Å²) in [5.74, 6) is 0.618. The van der Waals surface area contributed by atoms with Crippen molar-refractivity contribution in [3.8, 4) is 11.8 Å². The van der Waals surface area contributed by atoms with E-state index in [1.165, 1.54) is 0 Å². The predicted molar refractivity (Wildman–Crippen MR) is 109 cm³/mol. The molecule has 3 N–H and O–H groups in total. The van der Waals surface area contributed by atoms with Crippen LogP contribution >= 0.6 is 15.9 Å². The van der Waals surface area contributed by atoms with Gasteiger partial charge in [0, 0.05) is 35.1 Å². The highest BCUT2D eigenvalue weighted by molar-refractivity contribution is 9.10. The summed E-state index contributed by atoms with van der Waals surface area (Å²) >= 11 is 3.45. The van der Waals surface area contributed by atoms with E-state index in [0.29, 0.717) is 29.9 Å². The summed E-state index contributed by atoms with van der Waals surface area (Å²) in [6.45, 7) is 5.97. The molecular weight excluding hydrogens is 424 g/mol. The Morgan fingerprint density at radius 2 is 2.07 bits per heavy atom. The highest BCUT2D eigenvalue weighted by Crippen LogP contribution is 2.49. The van der Waals surface area contributed by atoms with Crippen LogP contribution in [-0.4, -0.2) is 24.6 Å². The fourth-order valence-electron chi connectivity index (χ4n) is 3.53. The normalized spacial score (nSPS) is 20.5. The van der Waals surface area contributed by atoms with Crippen LogP contribution in [0.1, 0.15) is 45.1 Å². The SMILES string of the molecule is CCO.COc1ccc(Br)cc1C1C(C#N)=C(N)OC2=C1C(=O)CC(C)(C)C2. The van der Waals surface area contributed by atoms with Gasteiger partial charge in [0.05, 0.1) is 13.0 Å². The minimum atomic E-state index is -0.579. The van der Waals surface area contributed by atoms with Crippen LogP contribution in [0.3, 0.4) is 0 Å². The van der Waals surface area contributed by atoms with Gasteiger partial charge in [-0.3, -0.25) is 4.79 Å². The zero-order valence-electron chi connectivity index (χ0n) is 16.5. The van der Waals surface area contributed by atoms with Crippen molar-refractivity contribution < 1.29 is 19.4 Å². The van der Waals surface area contributed by atoms with Gasteiger partial charge in [0.15, 0.2) is 5.78 Å². The summed E-state index contributed by atoms with van der Waals surface area (Å²) in [6, 6.07) is 7.63. The Balaban J connectivity index is 0.000000878. The second-order valence-electron chi connectivity index (χ2n) is 7.41. The molecule has 0 saturated heterocycles. The molecule has 3 rings (SSSR count). The number of aliphatic hydroxyl groups excluding tert-OH is 1. The lowest BCUT2D eigenvalue weighted by Crippen LogP contribution is -2.33. The molecule has 0 fully saturated rings. The average Bonchev–Trinajstić information content (AvgIpc) is 2.60. The second kappa shape index (κ2) is 8.80. The van der Waals surface area contributed by atoms with Crippen molar-refractivity contribution in [2.24, 2.45) is 11.1 Å². The number of benzene rings is 1. The van der Waals surface area contributed by atoms with Crippen LogP contribution in [0.2, 0.25) is 0 Å². The van der Waals surface area contributed by atoms with Crippen LogP contribution in [0.5, 0.6) is 5.75 Å². The van der Waals surface area contributed by atoms with Crippen molar-refractivity contribution in [2.45, 2.75) is 39.5 Å². The maximum atomic E-state index is 12.9. The fraction of sp³-hybridized carbons (Fsp3) is 0.429. The summed E-state index contributed by atoms with van der Waals surface area (Å²) in [5, 5.41) is 17.2. The molecule has 2 aliphatic rings. The van der Waals surface area contributed by atoms with Crippen molar-refractivity contribution in [1.82, 2.24) is 0 Å². The number of carbonyl (C=O) groups is 1. The van der Waals surface area contributed by atoms with Crippen molar-refractivity contribution >= 4 is 21.7 Å². The molecule has 1 unspecified atom stereocenters. The molecule has 1 heterocycles. The fourth-order valence-corrected chi connectivity index (χ4v) is 3.91. The van der Waals surface area contributed by atoms with E-state index in [9.17, 15) is 10.1 Å². The van der Waals surface area contributed by atoms with Gasteiger partial charge in [-0.1, -0.05) is 29.8 Å². The first kappa shape index (κ1) is 22.0. The number of Topliss-reactive ketones (excluding diaryl/α,β-unsaturated/α-hetero) is 1. The van der Waals surface area contributed by atoms with Gasteiger partial charge in [0.1, 0.15) is 23.2 Å². The Hall–Kier alpha value is -2.30. The molecule has 28 heavy (non-hydrogen) atoms. The Kier molecular flexibility index (Phi) is 6.91. The van der Waals surface area contributed by atoms with Crippen LogP contribution in [0.4, 0.5) is 0 Å². The average molecular weight is 449 g/mol. The number of nitriles is 1. The van der Waals surface area contributed by atoms with Crippen LogP contribution < -0.4 is 10.5 Å². The number of carbonyl (C=O) groups excluding carboxylic acids is 1. The molecule has 1 aliphatic carbocycles. The third-order valence-corrected chi connectivity index (χ3v) is 5.07. The monoisotopic (exact) mass is 448 g/mol. The van der Waals surface area contributed by atoms with Crippen LogP contribution in [0, 0.1) is 16.7 Å². The number of hydrogen-bond donors (Lipinski definition) is 2. The molecule has 0 aromatic heterocycles. The van der Waals surface area contributed by atoms with Gasteiger partial charge in [-0.2, -0.15) is 5.26 Å². The Morgan fingerprint density at radius 1 is 1.43 bits per heavy atom. The third-order valence-electron chi connectivity index (χ3n) is 4.58. The van der Waals surface area contributed by atoms with E-state index < -0.39 is 5.92 Å². The number of allylic oxidation sites excluding steroid dienone is 3. The zero-order chi connectivity index (χ0) is 21.1. The summed E-state index contributed by atoms with van der Waals surface area (Å²) in [4.78, 5) is 12.9. The molecule has 1 aromatic carbocycles. The lowest BCUT2D eigenvalue weighted by molar-refractivity contribution is -0.119. The van der Waals surface area contributed by atoms with Gasteiger partial charge in [-0.05, 0) is 30.5 Å². The first-order chi connectivity index (χ1) is 13.2. The highest BCUT2D eigenvalue weighted by Gasteiger charge is 2.43. The molecule has 150 valence electrons. The molecule has 1 aromatic rings. The first-order valence-corrected chi connectivity index (χ1v) is 9.76. The van der Waals surface area contributed by atoms with Crippen molar-refractivity contribution in [3.63, 3.8) is 0 Å². The van der Waals surface area contributed by atoms with Gasteiger partial charge < -0.3 is 20.3 Å². The molecule has 0 bridgehead atoms. The third kappa shape index (κ3) is 4.40. The van der Waals surface area contributed by atoms with E-state index in [1.807, 2.05) is 26.0 Å². The van der Waals surface area contributed by atoms with E-state index in [2.05, 4.69) is 22.0 Å². The predicted octanol–water partition coefficient (Wildman–Crippen LogP) is 3.91. The molecule has 0 saturated carbocycles. The lowest BCUT2D eigenvalue weighted by atomic mass is 9.70. The van der Waals surface area contributed by atoms with E-state index >= 15 is 0 Å². The smallest absolute Gasteiger partial charge is 0.205 e. The molecule has 0 spiro atoms. The molecule has 7 heteroatoms. The van der Waals surface area contributed by atoms with Crippen molar-refractivity contribution in [1.29, 1.82) is 5.26 Å². The second-order valence-corrected chi connectivity index (χ2v) is 8.32. The van der Waals surface area contributed by atoms with Gasteiger partial charge in [-0.25, -0.2) is 0 Å². The van der Waals surface area contributed by atoms with Gasteiger partial charge in [0.2, 0.25) is 5.88 Å².